The van der Waals surface area contributed by atoms with E-state index in [0.717, 1.165) is 6.07 Å². The maximum absolute atomic E-state index is 13.1. The zero-order valence-electron chi connectivity index (χ0n) is 7.48. The second kappa shape index (κ2) is 4.05. The van der Waals surface area contributed by atoms with E-state index in [9.17, 15) is 14.0 Å². The summed E-state index contributed by atoms with van der Waals surface area (Å²) in [6.45, 7) is 0. The Morgan fingerprint density at radius 3 is 2.40 bits per heavy atom. The zero-order chi connectivity index (χ0) is 11.6. The molecule has 0 aliphatic carbocycles. The second-order valence-electron chi connectivity index (χ2n) is 2.83. The summed E-state index contributed by atoms with van der Waals surface area (Å²) in [4.78, 5) is 21.2. The number of halogens is 1. The summed E-state index contributed by atoms with van der Waals surface area (Å²) in [6.07, 6.45) is 0. The molecule has 0 radical (unpaired) electrons. The number of aliphatic carboxylic acids is 1. The van der Waals surface area contributed by atoms with Crippen molar-refractivity contribution in [3.63, 3.8) is 0 Å². The third-order valence-electron chi connectivity index (χ3n) is 1.86. The average molecular weight is 213 g/mol. The molecule has 0 fully saturated rings. The molecule has 15 heavy (non-hydrogen) atoms. The van der Waals surface area contributed by atoms with Crippen LogP contribution < -0.4 is 5.73 Å². The minimum Gasteiger partial charge on any atom is -0.480 e. The van der Waals surface area contributed by atoms with Crippen LogP contribution in [0.15, 0.2) is 18.2 Å². The molecule has 1 atom stereocenters. The third kappa shape index (κ3) is 2.10. The van der Waals surface area contributed by atoms with Gasteiger partial charge in [-0.3, -0.25) is 4.79 Å². The molecule has 1 rings (SSSR count). The van der Waals surface area contributed by atoms with Crippen LogP contribution in [-0.4, -0.2) is 22.2 Å². The van der Waals surface area contributed by atoms with Crippen molar-refractivity contribution in [2.24, 2.45) is 5.73 Å². The lowest BCUT2D eigenvalue weighted by Gasteiger charge is -2.10. The minimum atomic E-state index is -1.55. The number of benzene rings is 1. The number of carboxylic acid groups (broad SMARTS) is 2. The quantitative estimate of drug-likeness (QED) is 0.682. The Hall–Kier alpha value is -1.95. The van der Waals surface area contributed by atoms with Crippen molar-refractivity contribution < 1.29 is 24.2 Å². The highest BCUT2D eigenvalue weighted by Crippen LogP contribution is 2.19. The number of hydrogen-bond acceptors (Lipinski definition) is 3. The zero-order valence-corrected chi connectivity index (χ0v) is 7.48. The SMILES string of the molecule is N[C@H](C(=O)O)c1cccc(F)c1C(=O)O. The Bertz CT molecular complexity index is 419. The summed E-state index contributed by atoms with van der Waals surface area (Å²) < 4.78 is 13.1. The van der Waals surface area contributed by atoms with E-state index in [1.165, 1.54) is 12.1 Å². The lowest BCUT2D eigenvalue weighted by molar-refractivity contribution is -0.138. The molecule has 1 aromatic rings. The van der Waals surface area contributed by atoms with Crippen molar-refractivity contribution in [3.8, 4) is 0 Å². The molecule has 0 aromatic heterocycles. The minimum absolute atomic E-state index is 0.255. The number of nitrogens with two attached hydrogens (primary N) is 1. The van der Waals surface area contributed by atoms with Crippen LogP contribution in [0, 0.1) is 5.82 Å². The van der Waals surface area contributed by atoms with Gasteiger partial charge in [-0.15, -0.1) is 0 Å². The standard InChI is InChI=1S/C9H8FNO4/c10-5-3-1-2-4(6(5)8(12)13)7(11)9(14)15/h1-3,7H,11H2,(H,12,13)(H,14,15)/t7-/m0/s1. The predicted octanol–water partition coefficient (Wildman–Crippen LogP) is 0.608. The summed E-state index contributed by atoms with van der Waals surface area (Å²) in [5.41, 5.74) is 4.26. The van der Waals surface area contributed by atoms with Crippen LogP contribution in [0.5, 0.6) is 0 Å². The van der Waals surface area contributed by atoms with Gasteiger partial charge in [0.1, 0.15) is 17.4 Å². The summed E-state index contributed by atoms with van der Waals surface area (Å²) in [6, 6.07) is 1.76. The third-order valence-corrected chi connectivity index (χ3v) is 1.86. The Morgan fingerprint density at radius 1 is 1.33 bits per heavy atom. The molecule has 80 valence electrons. The molecule has 0 saturated heterocycles. The van der Waals surface area contributed by atoms with Crippen LogP contribution in [0.4, 0.5) is 4.39 Å². The molecule has 5 nitrogen and oxygen atoms in total. The largest absolute Gasteiger partial charge is 0.480 e. The van der Waals surface area contributed by atoms with Crippen molar-refractivity contribution in [3.05, 3.63) is 35.1 Å². The van der Waals surface area contributed by atoms with Gasteiger partial charge < -0.3 is 15.9 Å². The highest BCUT2D eigenvalue weighted by molar-refractivity contribution is 5.92. The Labute approximate surface area is 83.9 Å². The summed E-state index contributed by atoms with van der Waals surface area (Å²) in [5, 5.41) is 17.3. The maximum Gasteiger partial charge on any atom is 0.339 e. The van der Waals surface area contributed by atoms with E-state index in [4.69, 9.17) is 15.9 Å². The number of hydrogen-bond donors (Lipinski definition) is 3. The van der Waals surface area contributed by atoms with E-state index in [0.29, 0.717) is 0 Å². The predicted molar refractivity (Wildman–Crippen MR) is 47.9 cm³/mol. The van der Waals surface area contributed by atoms with Crippen molar-refractivity contribution in [2.45, 2.75) is 6.04 Å². The average Bonchev–Trinajstić information content (AvgIpc) is 2.15. The van der Waals surface area contributed by atoms with Gasteiger partial charge in [-0.2, -0.15) is 0 Å². The highest BCUT2D eigenvalue weighted by atomic mass is 19.1. The van der Waals surface area contributed by atoms with Crippen LogP contribution in [0.3, 0.4) is 0 Å². The van der Waals surface area contributed by atoms with Crippen LogP contribution in [0.1, 0.15) is 22.0 Å². The van der Waals surface area contributed by atoms with Crippen molar-refractivity contribution in [2.75, 3.05) is 0 Å². The molecule has 0 amide bonds. The number of carbonyl (C=O) groups is 2. The number of rotatable bonds is 3. The van der Waals surface area contributed by atoms with E-state index in [2.05, 4.69) is 0 Å². The first-order valence-corrected chi connectivity index (χ1v) is 3.95. The monoisotopic (exact) mass is 213 g/mol. The van der Waals surface area contributed by atoms with Gasteiger partial charge in [-0.1, -0.05) is 12.1 Å². The smallest absolute Gasteiger partial charge is 0.339 e. The maximum atomic E-state index is 13.1. The fraction of sp³-hybridized carbons (Fsp3) is 0.111. The van der Waals surface area contributed by atoms with Gasteiger partial charge in [-0.25, -0.2) is 9.18 Å². The Morgan fingerprint density at radius 2 is 1.93 bits per heavy atom. The lowest BCUT2D eigenvalue weighted by Crippen LogP contribution is -2.23. The topological polar surface area (TPSA) is 101 Å². The van der Waals surface area contributed by atoms with E-state index in [-0.39, 0.29) is 5.56 Å². The number of carboxylic acids is 2. The molecular formula is C9H8FNO4. The fourth-order valence-corrected chi connectivity index (χ4v) is 1.16. The highest BCUT2D eigenvalue weighted by Gasteiger charge is 2.23. The molecule has 0 aliphatic heterocycles. The van der Waals surface area contributed by atoms with Crippen LogP contribution in [0.2, 0.25) is 0 Å². The molecule has 0 saturated carbocycles. The van der Waals surface area contributed by atoms with E-state index in [1.807, 2.05) is 0 Å². The molecule has 0 aliphatic rings. The second-order valence-corrected chi connectivity index (χ2v) is 2.83. The van der Waals surface area contributed by atoms with Gasteiger partial charge in [0.05, 0.1) is 0 Å². The van der Waals surface area contributed by atoms with Gasteiger partial charge in [0.15, 0.2) is 0 Å². The summed E-state index contributed by atoms with van der Waals surface area (Å²) in [5.74, 6) is -3.96. The normalized spacial score (nSPS) is 12.1. The summed E-state index contributed by atoms with van der Waals surface area (Å²) >= 11 is 0. The molecule has 0 heterocycles. The van der Waals surface area contributed by atoms with E-state index >= 15 is 0 Å². The van der Waals surface area contributed by atoms with Gasteiger partial charge in [0, 0.05) is 0 Å². The summed E-state index contributed by atoms with van der Waals surface area (Å²) in [7, 11) is 0. The first-order valence-electron chi connectivity index (χ1n) is 3.95. The van der Waals surface area contributed by atoms with E-state index in [1.54, 1.807) is 0 Å². The van der Waals surface area contributed by atoms with Crippen LogP contribution in [-0.2, 0) is 4.79 Å². The molecule has 4 N–H and O–H groups in total. The molecule has 0 spiro atoms. The van der Waals surface area contributed by atoms with Crippen LogP contribution >= 0.6 is 0 Å². The fourth-order valence-electron chi connectivity index (χ4n) is 1.16. The molecule has 1 aromatic carbocycles. The molecule has 0 unspecified atom stereocenters. The Balaban J connectivity index is 3.35. The number of aromatic carboxylic acids is 1. The van der Waals surface area contributed by atoms with Crippen molar-refractivity contribution >= 4 is 11.9 Å². The van der Waals surface area contributed by atoms with Crippen LogP contribution in [0.25, 0.3) is 0 Å². The molecule has 0 bridgehead atoms. The van der Waals surface area contributed by atoms with Gasteiger partial charge in [0.25, 0.3) is 0 Å². The molecular weight excluding hydrogens is 205 g/mol. The first-order chi connectivity index (χ1) is 6.95. The van der Waals surface area contributed by atoms with Crippen molar-refractivity contribution in [1.82, 2.24) is 0 Å². The van der Waals surface area contributed by atoms with Gasteiger partial charge in [0.2, 0.25) is 0 Å². The first kappa shape index (κ1) is 11.1. The van der Waals surface area contributed by atoms with E-state index < -0.39 is 29.4 Å². The van der Waals surface area contributed by atoms with Gasteiger partial charge in [-0.05, 0) is 11.6 Å². The molecule has 6 heteroatoms. The van der Waals surface area contributed by atoms with Crippen molar-refractivity contribution in [1.29, 1.82) is 0 Å². The lowest BCUT2D eigenvalue weighted by atomic mass is 10.0. The van der Waals surface area contributed by atoms with Gasteiger partial charge >= 0.3 is 11.9 Å². The Kier molecular flexibility index (Phi) is 3.01.